The number of rotatable bonds is 8. The molecule has 0 saturated heterocycles. The molecule has 1 unspecified atom stereocenters. The maximum atomic E-state index is 12.0. The highest BCUT2D eigenvalue weighted by molar-refractivity contribution is 6.30. The lowest BCUT2D eigenvalue weighted by Crippen LogP contribution is -2.16. The van der Waals surface area contributed by atoms with Gasteiger partial charge in [-0.1, -0.05) is 37.6 Å². The van der Waals surface area contributed by atoms with E-state index in [9.17, 15) is 4.79 Å². The van der Waals surface area contributed by atoms with Crippen LogP contribution in [0.15, 0.2) is 24.3 Å². The zero-order chi connectivity index (χ0) is 14.3. The normalized spacial score (nSPS) is 12.7. The number of nitrogens with two attached hydrogens (primary N) is 1. The number of Topliss-reactive ketones (excluding diaryl/α,β-unsaturated/α-hetero) is 1. The Morgan fingerprint density at radius 2 is 1.84 bits per heavy atom. The van der Waals surface area contributed by atoms with Gasteiger partial charge in [0, 0.05) is 17.9 Å². The molecule has 2 N–H and O–H groups in total. The smallest absolute Gasteiger partial charge is 0.137 e. The zero-order valence-corrected chi connectivity index (χ0v) is 12.6. The van der Waals surface area contributed by atoms with Crippen molar-refractivity contribution < 1.29 is 4.79 Å². The van der Waals surface area contributed by atoms with E-state index in [4.69, 9.17) is 17.3 Å². The van der Waals surface area contributed by atoms with Crippen molar-refractivity contribution in [2.75, 3.05) is 6.54 Å². The first kappa shape index (κ1) is 16.2. The van der Waals surface area contributed by atoms with Crippen molar-refractivity contribution in [2.24, 2.45) is 17.6 Å². The molecule has 0 bridgehead atoms. The summed E-state index contributed by atoms with van der Waals surface area (Å²) in [7, 11) is 0. The molecule has 0 radical (unpaired) electrons. The number of carbonyl (C=O) groups excluding carboxylic acids is 1. The third-order valence-electron chi connectivity index (χ3n) is 3.59. The molecule has 0 heterocycles. The minimum absolute atomic E-state index is 0.296. The molecule has 1 atom stereocenters. The molecule has 0 aliphatic rings. The van der Waals surface area contributed by atoms with Crippen LogP contribution in [0.5, 0.6) is 0 Å². The quantitative estimate of drug-likeness (QED) is 0.786. The minimum atomic E-state index is 0.296. The number of benzene rings is 1. The van der Waals surface area contributed by atoms with Crippen LogP contribution < -0.4 is 5.73 Å². The van der Waals surface area contributed by atoms with Crippen LogP contribution in [-0.4, -0.2) is 12.3 Å². The molecule has 3 heteroatoms. The van der Waals surface area contributed by atoms with Crippen molar-refractivity contribution in [1.82, 2.24) is 0 Å². The van der Waals surface area contributed by atoms with E-state index in [-0.39, 0.29) is 0 Å². The average molecular weight is 282 g/mol. The third kappa shape index (κ3) is 6.22. The van der Waals surface area contributed by atoms with Crippen LogP contribution in [0.4, 0.5) is 0 Å². The zero-order valence-electron chi connectivity index (χ0n) is 11.9. The molecule has 0 aliphatic heterocycles. The van der Waals surface area contributed by atoms with Crippen molar-refractivity contribution in [3.05, 3.63) is 34.9 Å². The second kappa shape index (κ2) is 8.34. The topological polar surface area (TPSA) is 43.1 Å². The van der Waals surface area contributed by atoms with Gasteiger partial charge >= 0.3 is 0 Å². The molecule has 0 spiro atoms. The van der Waals surface area contributed by atoms with Gasteiger partial charge < -0.3 is 5.73 Å². The molecule has 0 amide bonds. The van der Waals surface area contributed by atoms with Gasteiger partial charge in [0.05, 0.1) is 0 Å². The Balaban J connectivity index is 2.40. The molecule has 0 saturated carbocycles. The van der Waals surface area contributed by atoms with E-state index in [2.05, 4.69) is 13.8 Å². The van der Waals surface area contributed by atoms with Crippen LogP contribution in [-0.2, 0) is 11.2 Å². The number of hydrogen-bond donors (Lipinski definition) is 1. The molecule has 0 aromatic heterocycles. The van der Waals surface area contributed by atoms with Crippen LogP contribution >= 0.6 is 11.6 Å². The van der Waals surface area contributed by atoms with E-state index in [0.29, 0.717) is 42.0 Å². The summed E-state index contributed by atoms with van der Waals surface area (Å²) < 4.78 is 0. The molecule has 106 valence electrons. The Hall–Kier alpha value is -0.860. The lowest BCUT2D eigenvalue weighted by atomic mass is 9.87. The molecule has 1 aromatic rings. The summed E-state index contributed by atoms with van der Waals surface area (Å²) in [5.41, 5.74) is 6.65. The SMILES string of the molecule is CC(C)C(CCN)CCC(=O)Cc1ccc(Cl)cc1. The van der Waals surface area contributed by atoms with Crippen molar-refractivity contribution in [1.29, 1.82) is 0 Å². The maximum Gasteiger partial charge on any atom is 0.137 e. The molecule has 2 nitrogen and oxygen atoms in total. The van der Waals surface area contributed by atoms with Gasteiger partial charge in [-0.2, -0.15) is 0 Å². The Kier molecular flexibility index (Phi) is 7.11. The van der Waals surface area contributed by atoms with Crippen LogP contribution in [0.1, 0.15) is 38.7 Å². The first-order valence-electron chi connectivity index (χ1n) is 6.99. The van der Waals surface area contributed by atoms with Gasteiger partial charge in [0.1, 0.15) is 5.78 Å². The second-order valence-corrected chi connectivity index (χ2v) is 5.90. The number of hydrogen-bond acceptors (Lipinski definition) is 2. The van der Waals surface area contributed by atoms with Gasteiger partial charge in [-0.15, -0.1) is 0 Å². The van der Waals surface area contributed by atoms with Gasteiger partial charge in [-0.05, 0) is 48.9 Å². The van der Waals surface area contributed by atoms with Crippen LogP contribution in [0.25, 0.3) is 0 Å². The van der Waals surface area contributed by atoms with Crippen molar-refractivity contribution in [3.8, 4) is 0 Å². The highest BCUT2D eigenvalue weighted by atomic mass is 35.5. The molecule has 0 aliphatic carbocycles. The monoisotopic (exact) mass is 281 g/mol. The summed E-state index contributed by atoms with van der Waals surface area (Å²) in [5, 5.41) is 0.707. The van der Waals surface area contributed by atoms with Crippen LogP contribution in [0.2, 0.25) is 5.02 Å². The maximum absolute atomic E-state index is 12.0. The van der Waals surface area contributed by atoms with Gasteiger partial charge in [0.25, 0.3) is 0 Å². The molecule has 0 fully saturated rings. The van der Waals surface area contributed by atoms with Gasteiger partial charge in [-0.3, -0.25) is 4.79 Å². The molecular weight excluding hydrogens is 258 g/mol. The summed E-state index contributed by atoms with van der Waals surface area (Å²) in [6.45, 7) is 5.10. The summed E-state index contributed by atoms with van der Waals surface area (Å²) in [6.07, 6.45) is 3.10. The fourth-order valence-corrected chi connectivity index (χ4v) is 2.42. The first-order valence-corrected chi connectivity index (χ1v) is 7.37. The summed E-state index contributed by atoms with van der Waals surface area (Å²) >= 11 is 5.82. The van der Waals surface area contributed by atoms with E-state index in [0.717, 1.165) is 18.4 Å². The average Bonchev–Trinajstić information content (AvgIpc) is 2.37. The number of carbonyl (C=O) groups is 1. The first-order chi connectivity index (χ1) is 9.02. The summed E-state index contributed by atoms with van der Waals surface area (Å²) in [5.74, 6) is 1.44. The third-order valence-corrected chi connectivity index (χ3v) is 3.84. The predicted octanol–water partition coefficient (Wildman–Crippen LogP) is 3.85. The lowest BCUT2D eigenvalue weighted by molar-refractivity contribution is -0.118. The molecule has 19 heavy (non-hydrogen) atoms. The van der Waals surface area contributed by atoms with Gasteiger partial charge in [-0.25, -0.2) is 0 Å². The molecule has 1 rings (SSSR count). The fourth-order valence-electron chi connectivity index (χ4n) is 2.29. The predicted molar refractivity (Wildman–Crippen MR) is 81.4 cm³/mol. The van der Waals surface area contributed by atoms with Crippen molar-refractivity contribution in [2.45, 2.75) is 39.5 Å². The van der Waals surface area contributed by atoms with Gasteiger partial charge in [0.2, 0.25) is 0 Å². The van der Waals surface area contributed by atoms with Crippen molar-refractivity contribution >= 4 is 17.4 Å². The van der Waals surface area contributed by atoms with E-state index < -0.39 is 0 Å². The second-order valence-electron chi connectivity index (χ2n) is 5.46. The van der Waals surface area contributed by atoms with E-state index >= 15 is 0 Å². The standard InChI is InChI=1S/C16H24ClNO/c1-12(2)14(9-10-18)5-8-16(19)11-13-3-6-15(17)7-4-13/h3-4,6-7,12,14H,5,8-11,18H2,1-2H3. The van der Waals surface area contributed by atoms with Crippen LogP contribution in [0, 0.1) is 11.8 Å². The minimum Gasteiger partial charge on any atom is -0.330 e. The van der Waals surface area contributed by atoms with Crippen LogP contribution in [0.3, 0.4) is 0 Å². The van der Waals surface area contributed by atoms with E-state index in [1.54, 1.807) is 0 Å². The summed E-state index contributed by atoms with van der Waals surface area (Å²) in [4.78, 5) is 12.0. The van der Waals surface area contributed by atoms with Crippen molar-refractivity contribution in [3.63, 3.8) is 0 Å². The number of halogens is 1. The number of ketones is 1. The summed E-state index contributed by atoms with van der Waals surface area (Å²) in [6, 6.07) is 7.49. The van der Waals surface area contributed by atoms with E-state index in [1.165, 1.54) is 0 Å². The molecule has 1 aromatic carbocycles. The highest BCUT2D eigenvalue weighted by Gasteiger charge is 2.14. The fraction of sp³-hybridized carbons (Fsp3) is 0.562. The largest absolute Gasteiger partial charge is 0.330 e. The Morgan fingerprint density at radius 1 is 1.21 bits per heavy atom. The highest BCUT2D eigenvalue weighted by Crippen LogP contribution is 2.21. The van der Waals surface area contributed by atoms with Gasteiger partial charge in [0.15, 0.2) is 0 Å². The Labute approximate surface area is 121 Å². The Bertz CT molecular complexity index is 386. The Morgan fingerprint density at radius 3 is 2.37 bits per heavy atom. The lowest BCUT2D eigenvalue weighted by Gasteiger charge is -2.19. The van der Waals surface area contributed by atoms with E-state index in [1.807, 2.05) is 24.3 Å². The molecular formula is C16H24ClNO.